The van der Waals surface area contributed by atoms with E-state index >= 15 is 0 Å². The van der Waals surface area contributed by atoms with E-state index in [1.807, 2.05) is 24.7 Å². The fraction of sp³-hybridized carbons (Fsp3) is 0.636. The average Bonchev–Trinajstić information content (AvgIpc) is 2.62. The summed E-state index contributed by atoms with van der Waals surface area (Å²) in [5.74, 6) is 0. The number of hydrogen-bond donors (Lipinski definition) is 1. The first-order valence-corrected chi connectivity index (χ1v) is 6.40. The molecule has 0 aliphatic carbocycles. The number of piperidine rings is 1. The molecule has 1 amide bonds. The third-order valence-electron chi connectivity index (χ3n) is 3.33. The topological polar surface area (TPSA) is 58.4 Å². The van der Waals surface area contributed by atoms with Crippen molar-refractivity contribution in [3.63, 3.8) is 0 Å². The van der Waals surface area contributed by atoms with Crippen LogP contribution in [0.5, 0.6) is 0 Å². The van der Waals surface area contributed by atoms with E-state index in [1.165, 1.54) is 4.90 Å². The summed E-state index contributed by atoms with van der Waals surface area (Å²) in [6.07, 6.45) is 4.46. The van der Waals surface area contributed by atoms with Crippen LogP contribution >= 0.6 is 15.9 Å². The molecule has 17 heavy (non-hydrogen) atoms. The molecule has 0 aromatic carbocycles. The van der Waals surface area contributed by atoms with Crippen LogP contribution in [0.4, 0.5) is 4.79 Å². The Bertz CT molecular complexity index is 430. The van der Waals surface area contributed by atoms with Crippen molar-refractivity contribution in [3.05, 3.63) is 16.9 Å². The van der Waals surface area contributed by atoms with Crippen molar-refractivity contribution in [1.82, 2.24) is 14.7 Å². The number of likely N-dealkylation sites (tertiary alicyclic amines) is 1. The lowest BCUT2D eigenvalue weighted by molar-refractivity contribution is 0.0474. The third-order valence-corrected chi connectivity index (χ3v) is 3.74. The van der Waals surface area contributed by atoms with Gasteiger partial charge in [0.05, 0.1) is 16.7 Å². The van der Waals surface area contributed by atoms with Gasteiger partial charge in [0, 0.05) is 18.3 Å². The summed E-state index contributed by atoms with van der Waals surface area (Å²) in [4.78, 5) is 12.6. The highest BCUT2D eigenvalue weighted by molar-refractivity contribution is 9.10. The zero-order chi connectivity index (χ0) is 12.6. The summed E-state index contributed by atoms with van der Waals surface area (Å²) < 4.78 is 2.88. The molecule has 5 nitrogen and oxygen atoms in total. The molecule has 0 radical (unpaired) electrons. The minimum Gasteiger partial charge on any atom is -0.465 e. The van der Waals surface area contributed by atoms with E-state index in [0.29, 0.717) is 6.54 Å². The van der Waals surface area contributed by atoms with Crippen molar-refractivity contribution in [2.45, 2.75) is 38.3 Å². The summed E-state index contributed by atoms with van der Waals surface area (Å²) in [5.41, 5.74) is -0.340. The average molecular weight is 302 g/mol. The molecule has 1 unspecified atom stereocenters. The molecule has 1 aromatic rings. The highest BCUT2D eigenvalue weighted by Crippen LogP contribution is 2.34. The van der Waals surface area contributed by atoms with Gasteiger partial charge < -0.3 is 10.0 Å². The lowest BCUT2D eigenvalue weighted by Crippen LogP contribution is -2.52. The van der Waals surface area contributed by atoms with Gasteiger partial charge in [-0.1, -0.05) is 0 Å². The second-order valence-electron chi connectivity index (χ2n) is 5.03. The Morgan fingerprint density at radius 2 is 2.35 bits per heavy atom. The Morgan fingerprint density at radius 3 is 2.82 bits per heavy atom. The Labute approximate surface area is 109 Å². The first-order chi connectivity index (χ1) is 7.90. The highest BCUT2D eigenvalue weighted by atomic mass is 79.9. The second kappa shape index (κ2) is 4.33. The van der Waals surface area contributed by atoms with Gasteiger partial charge in [0.1, 0.15) is 0 Å². The molecule has 1 atom stereocenters. The van der Waals surface area contributed by atoms with Gasteiger partial charge in [-0.3, -0.25) is 4.68 Å². The predicted molar refractivity (Wildman–Crippen MR) is 67.0 cm³/mol. The van der Waals surface area contributed by atoms with Crippen molar-refractivity contribution in [2.24, 2.45) is 0 Å². The van der Waals surface area contributed by atoms with Gasteiger partial charge in [-0.25, -0.2) is 4.79 Å². The molecule has 1 saturated heterocycles. The third kappa shape index (κ3) is 2.46. The number of halogens is 1. The van der Waals surface area contributed by atoms with E-state index in [4.69, 9.17) is 5.11 Å². The normalized spacial score (nSPS) is 23.7. The van der Waals surface area contributed by atoms with Crippen molar-refractivity contribution < 1.29 is 9.90 Å². The summed E-state index contributed by atoms with van der Waals surface area (Å²) in [6, 6.07) is 0.270. The Morgan fingerprint density at radius 1 is 1.65 bits per heavy atom. The van der Waals surface area contributed by atoms with E-state index in [0.717, 1.165) is 17.3 Å². The van der Waals surface area contributed by atoms with Crippen LogP contribution in [0.2, 0.25) is 0 Å². The van der Waals surface area contributed by atoms with Crippen molar-refractivity contribution in [1.29, 1.82) is 0 Å². The van der Waals surface area contributed by atoms with Gasteiger partial charge in [-0.2, -0.15) is 5.10 Å². The van der Waals surface area contributed by atoms with E-state index in [-0.39, 0.29) is 11.6 Å². The van der Waals surface area contributed by atoms with Gasteiger partial charge in [-0.05, 0) is 42.6 Å². The maximum absolute atomic E-state index is 11.1. The fourth-order valence-electron chi connectivity index (χ4n) is 2.46. The molecule has 2 heterocycles. The van der Waals surface area contributed by atoms with Gasteiger partial charge in [0.25, 0.3) is 0 Å². The summed E-state index contributed by atoms with van der Waals surface area (Å²) in [7, 11) is 0. The van der Waals surface area contributed by atoms with Crippen LogP contribution in [0.3, 0.4) is 0 Å². The lowest BCUT2D eigenvalue weighted by atomic mass is 9.87. The van der Waals surface area contributed by atoms with Crippen molar-refractivity contribution >= 4 is 22.0 Å². The minimum absolute atomic E-state index is 0.270. The van der Waals surface area contributed by atoms with E-state index in [9.17, 15) is 4.79 Å². The Hall–Kier alpha value is -1.04. The van der Waals surface area contributed by atoms with Crippen molar-refractivity contribution in [3.8, 4) is 0 Å². The van der Waals surface area contributed by atoms with E-state index in [1.54, 1.807) is 6.20 Å². The second-order valence-corrected chi connectivity index (χ2v) is 5.95. The molecule has 2 rings (SSSR count). The van der Waals surface area contributed by atoms with Crippen LogP contribution in [0.1, 0.15) is 32.7 Å². The van der Waals surface area contributed by atoms with Crippen LogP contribution in [-0.4, -0.2) is 38.0 Å². The first kappa shape index (κ1) is 12.4. The number of rotatable bonds is 1. The molecule has 0 bridgehead atoms. The molecule has 1 aliphatic rings. The fourth-order valence-corrected chi connectivity index (χ4v) is 2.77. The Balaban J connectivity index is 2.14. The summed E-state index contributed by atoms with van der Waals surface area (Å²) in [5, 5.41) is 13.4. The number of amides is 1. The number of aromatic nitrogens is 2. The molecule has 6 heteroatoms. The number of carboxylic acid groups (broad SMARTS) is 1. The van der Waals surface area contributed by atoms with Gasteiger partial charge in [-0.15, -0.1) is 0 Å². The van der Waals surface area contributed by atoms with E-state index < -0.39 is 6.09 Å². The van der Waals surface area contributed by atoms with Crippen LogP contribution in [0, 0.1) is 0 Å². The molecule has 1 N–H and O–H groups in total. The standard InChI is InChI=1S/C11H16BrN3O2/c1-11(2)5-9(3-4-14(11)10(16)17)15-7-8(12)6-13-15/h6-7,9H,3-5H2,1-2H3,(H,16,17). The van der Waals surface area contributed by atoms with Gasteiger partial charge in [0.2, 0.25) is 0 Å². The number of nitrogens with zero attached hydrogens (tertiary/aromatic N) is 3. The van der Waals surface area contributed by atoms with Crippen LogP contribution in [-0.2, 0) is 0 Å². The number of carbonyl (C=O) groups is 1. The zero-order valence-corrected chi connectivity index (χ0v) is 11.5. The van der Waals surface area contributed by atoms with Gasteiger partial charge in [0.15, 0.2) is 0 Å². The monoisotopic (exact) mass is 301 g/mol. The highest BCUT2D eigenvalue weighted by Gasteiger charge is 2.38. The van der Waals surface area contributed by atoms with E-state index in [2.05, 4.69) is 21.0 Å². The SMILES string of the molecule is CC1(C)CC(n2cc(Br)cn2)CCN1C(=O)O. The van der Waals surface area contributed by atoms with Crippen molar-refractivity contribution in [2.75, 3.05) is 6.54 Å². The molecule has 1 aliphatic heterocycles. The van der Waals surface area contributed by atoms with Crippen LogP contribution < -0.4 is 0 Å². The molecule has 1 fully saturated rings. The number of hydrogen-bond acceptors (Lipinski definition) is 2. The minimum atomic E-state index is -0.838. The van der Waals surface area contributed by atoms with Crippen LogP contribution in [0.15, 0.2) is 16.9 Å². The smallest absolute Gasteiger partial charge is 0.407 e. The molecule has 0 spiro atoms. The van der Waals surface area contributed by atoms with Gasteiger partial charge >= 0.3 is 6.09 Å². The maximum Gasteiger partial charge on any atom is 0.407 e. The molecular weight excluding hydrogens is 286 g/mol. The molecule has 94 valence electrons. The molecular formula is C11H16BrN3O2. The quantitative estimate of drug-likeness (QED) is 0.867. The predicted octanol–water partition coefficient (Wildman–Crippen LogP) is 2.74. The largest absolute Gasteiger partial charge is 0.465 e. The molecule has 1 aromatic heterocycles. The summed E-state index contributed by atoms with van der Waals surface area (Å²) >= 11 is 3.37. The molecule has 0 saturated carbocycles. The lowest BCUT2D eigenvalue weighted by Gasteiger charge is -2.43. The first-order valence-electron chi connectivity index (χ1n) is 5.60. The van der Waals surface area contributed by atoms with Crippen LogP contribution in [0.25, 0.3) is 0 Å². The zero-order valence-electron chi connectivity index (χ0n) is 9.93. The maximum atomic E-state index is 11.1. The summed E-state index contributed by atoms with van der Waals surface area (Å²) in [6.45, 7) is 4.49. The Kier molecular flexibility index (Phi) is 3.16.